The maximum atomic E-state index is 13.4. The molecular weight excluding hydrogens is 259 g/mol. The zero-order valence-electron chi connectivity index (χ0n) is 9.38. The molecule has 2 heterocycles. The molecule has 1 fully saturated rings. The maximum Gasteiger partial charge on any atom is 0.327 e. The van der Waals surface area contributed by atoms with Crippen LogP contribution >= 0.6 is 11.8 Å². The van der Waals surface area contributed by atoms with E-state index in [4.69, 9.17) is 5.11 Å². The first-order valence-corrected chi connectivity index (χ1v) is 6.48. The highest BCUT2D eigenvalue weighted by Gasteiger charge is 2.33. The first kappa shape index (κ1) is 12.8. The van der Waals surface area contributed by atoms with E-state index in [0.29, 0.717) is 18.1 Å². The van der Waals surface area contributed by atoms with Gasteiger partial charge in [-0.15, -0.1) is 0 Å². The van der Waals surface area contributed by atoms with Crippen LogP contribution < -0.4 is 0 Å². The minimum Gasteiger partial charge on any atom is -0.480 e. The van der Waals surface area contributed by atoms with Gasteiger partial charge < -0.3 is 10.0 Å². The molecule has 1 unspecified atom stereocenters. The standard InChI is InChI=1S/C11H11FN2O3S/c12-9-7(2-1-3-13-9)10(15)14-4-5-18-6-8(14)11(16)17/h1-3,8H,4-6H2,(H,16,17). The average molecular weight is 270 g/mol. The van der Waals surface area contributed by atoms with Crippen molar-refractivity contribution < 1.29 is 19.1 Å². The predicted molar refractivity (Wildman–Crippen MR) is 64.0 cm³/mol. The normalized spacial score (nSPS) is 19.6. The van der Waals surface area contributed by atoms with E-state index in [1.807, 2.05) is 0 Å². The number of carboxylic acids is 1. The van der Waals surface area contributed by atoms with Crippen LogP contribution in [0.25, 0.3) is 0 Å². The highest BCUT2D eigenvalue weighted by Crippen LogP contribution is 2.19. The summed E-state index contributed by atoms with van der Waals surface area (Å²) in [7, 11) is 0. The van der Waals surface area contributed by atoms with E-state index in [1.54, 1.807) is 0 Å². The number of amides is 1. The molecule has 18 heavy (non-hydrogen) atoms. The summed E-state index contributed by atoms with van der Waals surface area (Å²) in [5.74, 6) is -1.58. The van der Waals surface area contributed by atoms with Gasteiger partial charge in [-0.3, -0.25) is 4.79 Å². The van der Waals surface area contributed by atoms with E-state index in [9.17, 15) is 14.0 Å². The summed E-state index contributed by atoms with van der Waals surface area (Å²) in [6, 6.07) is 1.85. The van der Waals surface area contributed by atoms with Crippen molar-refractivity contribution in [1.82, 2.24) is 9.88 Å². The Morgan fingerprint density at radius 3 is 3.00 bits per heavy atom. The van der Waals surface area contributed by atoms with Gasteiger partial charge in [0, 0.05) is 24.2 Å². The van der Waals surface area contributed by atoms with Crippen LogP contribution in [0.4, 0.5) is 4.39 Å². The van der Waals surface area contributed by atoms with E-state index in [0.717, 1.165) is 0 Å². The lowest BCUT2D eigenvalue weighted by molar-refractivity contribution is -0.141. The van der Waals surface area contributed by atoms with Gasteiger partial charge >= 0.3 is 5.97 Å². The summed E-state index contributed by atoms with van der Waals surface area (Å²) in [5.41, 5.74) is -0.185. The second-order valence-electron chi connectivity index (χ2n) is 3.77. The molecule has 1 amide bonds. The number of carbonyl (C=O) groups is 2. The Kier molecular flexibility index (Phi) is 3.81. The number of rotatable bonds is 2. The second kappa shape index (κ2) is 5.34. The third kappa shape index (κ3) is 2.45. The van der Waals surface area contributed by atoms with E-state index in [2.05, 4.69) is 4.98 Å². The summed E-state index contributed by atoms with van der Waals surface area (Å²) in [4.78, 5) is 27.8. The molecule has 0 radical (unpaired) electrons. The largest absolute Gasteiger partial charge is 0.480 e. The number of nitrogens with zero attached hydrogens (tertiary/aromatic N) is 2. The monoisotopic (exact) mass is 270 g/mol. The molecular formula is C11H11FN2O3S. The Morgan fingerprint density at radius 1 is 1.56 bits per heavy atom. The molecule has 0 spiro atoms. The molecule has 5 nitrogen and oxygen atoms in total. The number of carboxylic acid groups (broad SMARTS) is 1. The van der Waals surface area contributed by atoms with Crippen molar-refractivity contribution >= 4 is 23.6 Å². The van der Waals surface area contributed by atoms with Crippen LogP contribution in [0.2, 0.25) is 0 Å². The van der Waals surface area contributed by atoms with Gasteiger partial charge in [-0.1, -0.05) is 0 Å². The summed E-state index contributed by atoms with van der Waals surface area (Å²) >= 11 is 1.47. The molecule has 1 saturated heterocycles. The molecule has 0 aliphatic carbocycles. The summed E-state index contributed by atoms with van der Waals surface area (Å²) in [5, 5.41) is 9.06. The van der Waals surface area contributed by atoms with E-state index >= 15 is 0 Å². The van der Waals surface area contributed by atoms with Crippen LogP contribution in [0.5, 0.6) is 0 Å². The number of thioether (sulfide) groups is 1. The van der Waals surface area contributed by atoms with Crippen molar-refractivity contribution in [3.8, 4) is 0 Å². The Hall–Kier alpha value is -1.63. The highest BCUT2D eigenvalue weighted by molar-refractivity contribution is 7.99. The second-order valence-corrected chi connectivity index (χ2v) is 4.92. The fourth-order valence-electron chi connectivity index (χ4n) is 1.75. The van der Waals surface area contributed by atoms with Crippen LogP contribution in [0, 0.1) is 5.95 Å². The fourth-order valence-corrected chi connectivity index (χ4v) is 2.79. The molecule has 1 aliphatic heterocycles. The lowest BCUT2D eigenvalue weighted by atomic mass is 10.2. The van der Waals surface area contributed by atoms with E-state index in [1.165, 1.54) is 35.0 Å². The lowest BCUT2D eigenvalue weighted by Gasteiger charge is -2.32. The van der Waals surface area contributed by atoms with Crippen LogP contribution in [-0.4, -0.2) is 51.0 Å². The van der Waals surface area contributed by atoms with Crippen LogP contribution in [0.1, 0.15) is 10.4 Å². The lowest BCUT2D eigenvalue weighted by Crippen LogP contribution is -2.50. The topological polar surface area (TPSA) is 70.5 Å². The van der Waals surface area contributed by atoms with Crippen molar-refractivity contribution in [2.45, 2.75) is 6.04 Å². The molecule has 1 aromatic rings. The third-order valence-corrected chi connectivity index (χ3v) is 3.69. The first-order chi connectivity index (χ1) is 8.61. The molecule has 0 aromatic carbocycles. The van der Waals surface area contributed by atoms with Gasteiger partial charge in [0.25, 0.3) is 5.91 Å². The summed E-state index contributed by atoms with van der Waals surface area (Å²) in [6.45, 7) is 0.300. The first-order valence-electron chi connectivity index (χ1n) is 5.33. The Bertz CT molecular complexity index is 483. The van der Waals surface area contributed by atoms with Gasteiger partial charge in [-0.2, -0.15) is 16.2 Å². The maximum absolute atomic E-state index is 13.4. The number of pyridine rings is 1. The Balaban J connectivity index is 2.27. The molecule has 1 N–H and O–H groups in total. The zero-order valence-corrected chi connectivity index (χ0v) is 10.2. The van der Waals surface area contributed by atoms with Gasteiger partial charge in [0.05, 0.1) is 5.56 Å². The molecule has 1 aromatic heterocycles. The highest BCUT2D eigenvalue weighted by atomic mass is 32.2. The molecule has 7 heteroatoms. The van der Waals surface area contributed by atoms with Crippen LogP contribution in [0.15, 0.2) is 18.3 Å². The van der Waals surface area contributed by atoms with Crippen molar-refractivity contribution in [3.63, 3.8) is 0 Å². The SMILES string of the molecule is O=C(O)C1CSCCN1C(=O)c1cccnc1F. The minimum absolute atomic E-state index is 0.185. The average Bonchev–Trinajstić information content (AvgIpc) is 2.38. The smallest absolute Gasteiger partial charge is 0.327 e. The molecule has 0 saturated carbocycles. The van der Waals surface area contributed by atoms with Gasteiger partial charge in [0.2, 0.25) is 5.95 Å². The Morgan fingerprint density at radius 2 is 2.33 bits per heavy atom. The van der Waals surface area contributed by atoms with Crippen molar-refractivity contribution in [2.24, 2.45) is 0 Å². The number of hydrogen-bond acceptors (Lipinski definition) is 4. The summed E-state index contributed by atoms with van der Waals surface area (Å²) < 4.78 is 13.4. The molecule has 1 atom stereocenters. The quantitative estimate of drug-likeness (QED) is 0.807. The van der Waals surface area contributed by atoms with Crippen molar-refractivity contribution in [1.29, 1.82) is 0 Å². The van der Waals surface area contributed by atoms with Crippen molar-refractivity contribution in [2.75, 3.05) is 18.1 Å². The van der Waals surface area contributed by atoms with E-state index in [-0.39, 0.29) is 5.56 Å². The summed E-state index contributed by atoms with van der Waals surface area (Å²) in [6.07, 6.45) is 1.24. The number of aromatic nitrogens is 1. The van der Waals surface area contributed by atoms with Crippen molar-refractivity contribution in [3.05, 3.63) is 29.8 Å². The van der Waals surface area contributed by atoms with Crippen LogP contribution in [-0.2, 0) is 4.79 Å². The predicted octanol–water partition coefficient (Wildman–Crippen LogP) is 0.863. The number of hydrogen-bond donors (Lipinski definition) is 1. The number of carbonyl (C=O) groups excluding carboxylic acids is 1. The molecule has 96 valence electrons. The van der Waals surface area contributed by atoms with Gasteiger partial charge in [-0.25, -0.2) is 9.78 Å². The zero-order chi connectivity index (χ0) is 13.1. The van der Waals surface area contributed by atoms with E-state index < -0.39 is 23.9 Å². The Labute approximate surface area is 107 Å². The fraction of sp³-hybridized carbons (Fsp3) is 0.364. The number of halogens is 1. The number of aliphatic carboxylic acids is 1. The van der Waals surface area contributed by atoms with Gasteiger partial charge in [0.15, 0.2) is 0 Å². The molecule has 0 bridgehead atoms. The molecule has 2 rings (SSSR count). The van der Waals surface area contributed by atoms with Gasteiger partial charge in [-0.05, 0) is 12.1 Å². The third-order valence-electron chi connectivity index (χ3n) is 2.66. The minimum atomic E-state index is -1.07. The van der Waals surface area contributed by atoms with Crippen LogP contribution in [0.3, 0.4) is 0 Å². The molecule has 1 aliphatic rings. The van der Waals surface area contributed by atoms with Gasteiger partial charge in [0.1, 0.15) is 6.04 Å².